The Kier molecular flexibility index (Phi) is 7.19. The van der Waals surface area contributed by atoms with E-state index in [-0.39, 0.29) is 5.91 Å². The Bertz CT molecular complexity index is 575. The van der Waals surface area contributed by atoms with Gasteiger partial charge in [0.2, 0.25) is 5.91 Å². The summed E-state index contributed by atoms with van der Waals surface area (Å²) in [6, 6.07) is 8.00. The van der Waals surface area contributed by atoms with Gasteiger partial charge in [-0.2, -0.15) is 0 Å². The molecule has 5 nitrogen and oxygen atoms in total. The molecule has 2 aromatic heterocycles. The van der Waals surface area contributed by atoms with Crippen molar-refractivity contribution < 1.29 is 9.53 Å². The van der Waals surface area contributed by atoms with Gasteiger partial charge in [0.1, 0.15) is 0 Å². The van der Waals surface area contributed by atoms with E-state index in [1.54, 1.807) is 30.8 Å². The summed E-state index contributed by atoms with van der Waals surface area (Å²) in [6.45, 7) is 2.91. The van der Waals surface area contributed by atoms with Gasteiger partial charge in [0, 0.05) is 37.5 Å². The number of likely N-dealkylation sites (N-methyl/N-ethyl adjacent to an activating group) is 1. The number of rotatable bonds is 9. The normalized spacial score (nSPS) is 10.9. The van der Waals surface area contributed by atoms with Crippen molar-refractivity contribution in [2.24, 2.45) is 0 Å². The molecule has 0 aromatic carbocycles. The number of amides is 1. The van der Waals surface area contributed by atoms with Crippen LogP contribution in [0.5, 0.6) is 0 Å². The van der Waals surface area contributed by atoms with Crippen LogP contribution in [-0.2, 0) is 22.6 Å². The van der Waals surface area contributed by atoms with Gasteiger partial charge in [-0.05, 0) is 36.2 Å². The minimum atomic E-state index is 0.118. The topological polar surface area (TPSA) is 45.7 Å². The minimum absolute atomic E-state index is 0.118. The van der Waals surface area contributed by atoms with Crippen molar-refractivity contribution in [1.82, 2.24) is 14.8 Å². The maximum atomic E-state index is 12.6. The van der Waals surface area contributed by atoms with Crippen LogP contribution in [0, 0.1) is 0 Å². The van der Waals surface area contributed by atoms with Crippen LogP contribution in [0.3, 0.4) is 0 Å². The quantitative estimate of drug-likeness (QED) is 0.706. The molecule has 0 saturated carbocycles. The monoisotopic (exact) mass is 333 g/mol. The molecule has 6 heteroatoms. The predicted octanol–water partition coefficient (Wildman–Crippen LogP) is 2.25. The third-order valence-electron chi connectivity index (χ3n) is 3.45. The first-order chi connectivity index (χ1) is 11.2. The van der Waals surface area contributed by atoms with Gasteiger partial charge >= 0.3 is 0 Å². The Labute approximate surface area is 141 Å². The van der Waals surface area contributed by atoms with Crippen molar-refractivity contribution in [3.8, 4) is 0 Å². The lowest BCUT2D eigenvalue weighted by molar-refractivity contribution is -0.133. The molecule has 2 rings (SSSR count). The highest BCUT2D eigenvalue weighted by atomic mass is 32.1. The van der Waals surface area contributed by atoms with E-state index in [1.807, 2.05) is 40.4 Å². The van der Waals surface area contributed by atoms with Crippen LogP contribution in [0.15, 0.2) is 42.0 Å². The summed E-state index contributed by atoms with van der Waals surface area (Å²) >= 11 is 1.67. The molecule has 124 valence electrons. The number of carbonyl (C=O) groups is 1. The van der Waals surface area contributed by atoms with Crippen molar-refractivity contribution in [3.63, 3.8) is 0 Å². The third kappa shape index (κ3) is 6.09. The average Bonchev–Trinajstić information content (AvgIpc) is 3.05. The van der Waals surface area contributed by atoms with Gasteiger partial charge in [-0.1, -0.05) is 6.07 Å². The van der Waals surface area contributed by atoms with Gasteiger partial charge in [-0.15, -0.1) is 11.3 Å². The first-order valence-electron chi connectivity index (χ1n) is 7.55. The molecule has 2 aromatic rings. The summed E-state index contributed by atoms with van der Waals surface area (Å²) in [5.41, 5.74) is 1.15. The molecule has 0 atom stereocenters. The lowest BCUT2D eigenvalue weighted by atomic mass is 10.2. The number of ether oxygens (including phenoxy) is 1. The maximum Gasteiger partial charge on any atom is 0.237 e. The average molecular weight is 333 g/mol. The lowest BCUT2D eigenvalue weighted by Crippen LogP contribution is -2.39. The van der Waals surface area contributed by atoms with Gasteiger partial charge in [0.15, 0.2) is 0 Å². The fraction of sp³-hybridized carbons (Fsp3) is 0.412. The predicted molar refractivity (Wildman–Crippen MR) is 92.2 cm³/mol. The van der Waals surface area contributed by atoms with E-state index in [2.05, 4.69) is 11.1 Å². The lowest BCUT2D eigenvalue weighted by Gasteiger charge is -2.25. The van der Waals surface area contributed by atoms with Crippen molar-refractivity contribution in [2.45, 2.75) is 13.1 Å². The summed E-state index contributed by atoms with van der Waals surface area (Å²) in [6.07, 6.45) is 3.54. The maximum absolute atomic E-state index is 12.6. The summed E-state index contributed by atoms with van der Waals surface area (Å²) in [5.74, 6) is 0.118. The zero-order valence-corrected chi connectivity index (χ0v) is 14.5. The van der Waals surface area contributed by atoms with Crippen molar-refractivity contribution in [3.05, 3.63) is 52.5 Å². The first-order valence-corrected chi connectivity index (χ1v) is 8.43. The Morgan fingerprint density at radius 3 is 2.70 bits per heavy atom. The SMILES string of the molecule is COCCN(Cc1cccs1)C(=O)CN(C)Cc1ccncc1. The van der Waals surface area contributed by atoms with Crippen LogP contribution < -0.4 is 0 Å². The van der Waals surface area contributed by atoms with Crippen LogP contribution in [0.4, 0.5) is 0 Å². The molecule has 0 aliphatic carbocycles. The molecule has 1 amide bonds. The summed E-state index contributed by atoms with van der Waals surface area (Å²) in [4.78, 5) is 21.7. The third-order valence-corrected chi connectivity index (χ3v) is 4.31. The molecule has 0 aliphatic heterocycles. The van der Waals surface area contributed by atoms with Gasteiger partial charge in [0.25, 0.3) is 0 Å². The van der Waals surface area contributed by atoms with Crippen LogP contribution in [0.1, 0.15) is 10.4 Å². The van der Waals surface area contributed by atoms with Crippen molar-refractivity contribution in [2.75, 3.05) is 33.9 Å². The number of carbonyl (C=O) groups excluding carboxylic acids is 1. The molecular formula is C17H23N3O2S. The van der Waals surface area contributed by atoms with E-state index in [0.29, 0.717) is 26.2 Å². The zero-order chi connectivity index (χ0) is 16.5. The standard InChI is InChI=1S/C17H23N3O2S/c1-19(12-15-5-7-18-8-6-15)14-17(21)20(9-10-22-2)13-16-4-3-11-23-16/h3-8,11H,9-10,12-14H2,1-2H3. The fourth-order valence-corrected chi connectivity index (χ4v) is 2.99. The number of hydrogen-bond acceptors (Lipinski definition) is 5. The van der Waals surface area contributed by atoms with E-state index in [0.717, 1.165) is 12.1 Å². The molecule has 0 fully saturated rings. The Balaban J connectivity index is 1.90. The summed E-state index contributed by atoms with van der Waals surface area (Å²) in [7, 11) is 3.61. The second-order valence-electron chi connectivity index (χ2n) is 5.42. The van der Waals surface area contributed by atoms with E-state index in [1.165, 1.54) is 4.88 Å². The number of aromatic nitrogens is 1. The van der Waals surface area contributed by atoms with Crippen LogP contribution in [0.2, 0.25) is 0 Å². The first kappa shape index (κ1) is 17.6. The minimum Gasteiger partial charge on any atom is -0.383 e. The van der Waals surface area contributed by atoms with Crippen LogP contribution >= 0.6 is 11.3 Å². The molecule has 0 spiro atoms. The molecule has 23 heavy (non-hydrogen) atoms. The van der Waals surface area contributed by atoms with Gasteiger partial charge in [0.05, 0.1) is 19.7 Å². The number of methoxy groups -OCH3 is 1. The Morgan fingerprint density at radius 2 is 2.04 bits per heavy atom. The zero-order valence-electron chi connectivity index (χ0n) is 13.6. The van der Waals surface area contributed by atoms with Crippen molar-refractivity contribution in [1.29, 1.82) is 0 Å². The van der Waals surface area contributed by atoms with E-state index < -0.39 is 0 Å². The number of pyridine rings is 1. The largest absolute Gasteiger partial charge is 0.383 e. The van der Waals surface area contributed by atoms with Crippen LogP contribution in [-0.4, -0.2) is 54.5 Å². The Hall–Kier alpha value is -1.76. The van der Waals surface area contributed by atoms with E-state index in [4.69, 9.17) is 4.74 Å². The molecular weight excluding hydrogens is 310 g/mol. The highest BCUT2D eigenvalue weighted by Gasteiger charge is 2.16. The number of hydrogen-bond donors (Lipinski definition) is 0. The summed E-state index contributed by atoms with van der Waals surface area (Å²) in [5, 5.41) is 2.03. The molecule has 0 unspecified atom stereocenters. The molecule has 0 bridgehead atoms. The van der Waals surface area contributed by atoms with E-state index >= 15 is 0 Å². The molecule has 0 N–H and O–H groups in total. The highest BCUT2D eigenvalue weighted by Crippen LogP contribution is 2.12. The number of nitrogens with zero attached hydrogens (tertiary/aromatic N) is 3. The summed E-state index contributed by atoms with van der Waals surface area (Å²) < 4.78 is 5.13. The second-order valence-corrected chi connectivity index (χ2v) is 6.45. The molecule has 0 aliphatic rings. The Morgan fingerprint density at radius 1 is 1.26 bits per heavy atom. The van der Waals surface area contributed by atoms with Crippen LogP contribution in [0.25, 0.3) is 0 Å². The van der Waals surface area contributed by atoms with Gasteiger partial charge < -0.3 is 9.64 Å². The van der Waals surface area contributed by atoms with Crippen molar-refractivity contribution >= 4 is 17.2 Å². The molecule has 2 heterocycles. The highest BCUT2D eigenvalue weighted by molar-refractivity contribution is 7.09. The van der Waals surface area contributed by atoms with E-state index in [9.17, 15) is 4.79 Å². The van der Waals surface area contributed by atoms with Gasteiger partial charge in [-0.25, -0.2) is 0 Å². The van der Waals surface area contributed by atoms with Gasteiger partial charge in [-0.3, -0.25) is 14.7 Å². The number of thiophene rings is 1. The smallest absolute Gasteiger partial charge is 0.237 e. The molecule has 0 saturated heterocycles. The fourth-order valence-electron chi connectivity index (χ4n) is 2.27. The second kappa shape index (κ2) is 9.39. The molecule has 0 radical (unpaired) electrons.